The number of amides is 4. The zero-order chi connectivity index (χ0) is 18.8. The number of urea groups is 1. The molecule has 0 atom stereocenters. The number of imide groups is 1. The van der Waals surface area contributed by atoms with Crippen LogP contribution in [0.3, 0.4) is 0 Å². The third kappa shape index (κ3) is 3.81. The van der Waals surface area contributed by atoms with E-state index in [0.717, 1.165) is 18.4 Å². The maximum atomic E-state index is 12.5. The Bertz CT molecular complexity index is 863. The summed E-state index contributed by atoms with van der Waals surface area (Å²) in [5, 5.41) is 2.82. The third-order valence-corrected chi connectivity index (χ3v) is 4.78. The SMILES string of the molecule is O=C(NCc1ccc(N2C(=O)CN(CC3CC3)C2=O)cc1)c1cccnc1. The van der Waals surface area contributed by atoms with Crippen LogP contribution in [0.25, 0.3) is 0 Å². The molecule has 2 heterocycles. The normalized spacial score (nSPS) is 16.7. The Morgan fingerprint density at radius 1 is 1.15 bits per heavy atom. The van der Waals surface area contributed by atoms with Gasteiger partial charge >= 0.3 is 6.03 Å². The number of nitrogens with one attached hydrogen (secondary N) is 1. The lowest BCUT2D eigenvalue weighted by Gasteiger charge is -2.17. The first-order chi connectivity index (χ1) is 13.1. The molecule has 4 amide bonds. The van der Waals surface area contributed by atoms with E-state index in [1.807, 2.05) is 12.1 Å². The molecular weight excluding hydrogens is 344 g/mol. The number of nitrogens with zero attached hydrogens (tertiary/aromatic N) is 3. The number of hydrogen-bond acceptors (Lipinski definition) is 4. The smallest absolute Gasteiger partial charge is 0.331 e. The first kappa shape index (κ1) is 17.2. The molecule has 1 aliphatic carbocycles. The molecule has 1 aromatic carbocycles. The van der Waals surface area contributed by atoms with Crippen LogP contribution in [0.5, 0.6) is 0 Å². The van der Waals surface area contributed by atoms with Crippen molar-refractivity contribution in [1.82, 2.24) is 15.2 Å². The summed E-state index contributed by atoms with van der Waals surface area (Å²) in [4.78, 5) is 43.6. The van der Waals surface area contributed by atoms with E-state index in [1.165, 1.54) is 11.1 Å². The molecule has 27 heavy (non-hydrogen) atoms. The Kier molecular flexibility index (Phi) is 4.58. The second-order valence-corrected chi connectivity index (χ2v) is 6.93. The quantitative estimate of drug-likeness (QED) is 0.797. The highest BCUT2D eigenvalue weighted by Gasteiger charge is 2.39. The summed E-state index contributed by atoms with van der Waals surface area (Å²) < 4.78 is 0. The molecule has 7 heteroatoms. The number of rotatable bonds is 6. The van der Waals surface area contributed by atoms with Gasteiger partial charge in [0.2, 0.25) is 0 Å². The first-order valence-corrected chi connectivity index (χ1v) is 9.01. The van der Waals surface area contributed by atoms with Gasteiger partial charge in [0, 0.05) is 25.5 Å². The Balaban J connectivity index is 1.38. The van der Waals surface area contributed by atoms with Crippen molar-refractivity contribution >= 4 is 23.5 Å². The lowest BCUT2D eigenvalue weighted by molar-refractivity contribution is -0.116. The fraction of sp³-hybridized carbons (Fsp3) is 0.300. The molecule has 1 aliphatic heterocycles. The van der Waals surface area contributed by atoms with E-state index < -0.39 is 0 Å². The number of carbonyl (C=O) groups excluding carboxylic acids is 3. The summed E-state index contributed by atoms with van der Waals surface area (Å²) in [5.74, 6) is 0.151. The molecule has 2 fully saturated rings. The Labute approximate surface area is 157 Å². The highest BCUT2D eigenvalue weighted by molar-refractivity contribution is 6.19. The third-order valence-electron chi connectivity index (χ3n) is 4.78. The average molecular weight is 364 g/mol. The number of hydrogen-bond donors (Lipinski definition) is 1. The van der Waals surface area contributed by atoms with Crippen LogP contribution in [0, 0.1) is 5.92 Å². The van der Waals surface area contributed by atoms with Gasteiger partial charge in [-0.3, -0.25) is 14.6 Å². The molecule has 7 nitrogen and oxygen atoms in total. The summed E-state index contributed by atoms with van der Waals surface area (Å²) in [7, 11) is 0. The van der Waals surface area contributed by atoms with Crippen LogP contribution >= 0.6 is 0 Å². The Morgan fingerprint density at radius 3 is 2.59 bits per heavy atom. The predicted octanol–water partition coefficient (Wildman–Crippen LogP) is 2.19. The van der Waals surface area contributed by atoms with Gasteiger partial charge in [-0.1, -0.05) is 12.1 Å². The number of benzene rings is 1. The zero-order valence-electron chi connectivity index (χ0n) is 14.8. The van der Waals surface area contributed by atoms with Crippen LogP contribution < -0.4 is 10.2 Å². The lowest BCUT2D eigenvalue weighted by Crippen LogP contribution is -2.34. The van der Waals surface area contributed by atoms with Gasteiger partial charge in [-0.05, 0) is 48.6 Å². The summed E-state index contributed by atoms with van der Waals surface area (Å²) in [6, 6.07) is 10.3. The number of pyridine rings is 1. The summed E-state index contributed by atoms with van der Waals surface area (Å²) in [6.07, 6.45) is 5.40. The molecule has 2 aliphatic rings. The van der Waals surface area contributed by atoms with E-state index in [-0.39, 0.29) is 24.4 Å². The summed E-state index contributed by atoms with van der Waals surface area (Å²) in [6.45, 7) is 1.17. The van der Waals surface area contributed by atoms with E-state index in [1.54, 1.807) is 35.4 Å². The number of aromatic nitrogens is 1. The lowest BCUT2D eigenvalue weighted by atomic mass is 10.2. The molecule has 0 bridgehead atoms. The van der Waals surface area contributed by atoms with Crippen molar-refractivity contribution in [2.45, 2.75) is 19.4 Å². The second-order valence-electron chi connectivity index (χ2n) is 6.93. The first-order valence-electron chi connectivity index (χ1n) is 9.01. The van der Waals surface area contributed by atoms with Gasteiger partial charge in [0.15, 0.2) is 0 Å². The van der Waals surface area contributed by atoms with E-state index in [0.29, 0.717) is 30.3 Å². The molecule has 0 radical (unpaired) electrons. The van der Waals surface area contributed by atoms with Crippen molar-refractivity contribution in [1.29, 1.82) is 0 Å². The standard InChI is InChI=1S/C20H20N4O3/c25-18-13-23(12-15-3-4-15)20(27)24(18)17-7-5-14(6-8-17)10-22-19(26)16-2-1-9-21-11-16/h1-2,5-9,11,15H,3-4,10,12-13H2,(H,22,26). The van der Waals surface area contributed by atoms with Gasteiger partial charge in [-0.25, -0.2) is 9.69 Å². The predicted molar refractivity (Wildman–Crippen MR) is 99.0 cm³/mol. The minimum Gasteiger partial charge on any atom is -0.348 e. The van der Waals surface area contributed by atoms with E-state index in [4.69, 9.17) is 0 Å². The van der Waals surface area contributed by atoms with Crippen molar-refractivity contribution in [3.63, 3.8) is 0 Å². The van der Waals surface area contributed by atoms with Crippen molar-refractivity contribution in [2.75, 3.05) is 18.0 Å². The molecule has 138 valence electrons. The van der Waals surface area contributed by atoms with Gasteiger partial charge < -0.3 is 10.2 Å². The molecule has 2 aromatic rings. The van der Waals surface area contributed by atoms with E-state index in [9.17, 15) is 14.4 Å². The molecule has 1 N–H and O–H groups in total. The highest BCUT2D eigenvalue weighted by Crippen LogP contribution is 2.31. The Hall–Kier alpha value is -3.22. The molecule has 1 aromatic heterocycles. The Morgan fingerprint density at radius 2 is 1.93 bits per heavy atom. The zero-order valence-corrected chi connectivity index (χ0v) is 14.8. The second kappa shape index (κ2) is 7.19. The fourth-order valence-corrected chi connectivity index (χ4v) is 3.10. The van der Waals surface area contributed by atoms with Crippen LogP contribution in [0.1, 0.15) is 28.8 Å². The topological polar surface area (TPSA) is 82.6 Å². The van der Waals surface area contributed by atoms with Crippen molar-refractivity contribution in [2.24, 2.45) is 5.92 Å². The van der Waals surface area contributed by atoms with Crippen LogP contribution in [0.4, 0.5) is 10.5 Å². The van der Waals surface area contributed by atoms with E-state index in [2.05, 4.69) is 10.3 Å². The van der Waals surface area contributed by atoms with Gasteiger partial charge in [0.1, 0.15) is 6.54 Å². The van der Waals surface area contributed by atoms with Crippen molar-refractivity contribution < 1.29 is 14.4 Å². The largest absolute Gasteiger partial charge is 0.348 e. The van der Waals surface area contributed by atoms with Crippen LogP contribution in [0.2, 0.25) is 0 Å². The maximum Gasteiger partial charge on any atom is 0.331 e. The highest BCUT2D eigenvalue weighted by atomic mass is 16.2. The molecule has 1 saturated heterocycles. The number of anilines is 1. The number of carbonyl (C=O) groups is 3. The van der Waals surface area contributed by atoms with Crippen LogP contribution in [-0.4, -0.2) is 40.8 Å². The minimum absolute atomic E-state index is 0.151. The summed E-state index contributed by atoms with van der Waals surface area (Å²) in [5.41, 5.74) is 1.94. The maximum absolute atomic E-state index is 12.5. The molecule has 0 spiro atoms. The molecular formula is C20H20N4O3. The van der Waals surface area contributed by atoms with Gasteiger partial charge in [0.25, 0.3) is 11.8 Å². The average Bonchev–Trinajstić information content (AvgIpc) is 3.46. The summed E-state index contributed by atoms with van der Waals surface area (Å²) >= 11 is 0. The van der Waals surface area contributed by atoms with E-state index >= 15 is 0 Å². The van der Waals surface area contributed by atoms with Gasteiger partial charge in [-0.2, -0.15) is 0 Å². The van der Waals surface area contributed by atoms with Gasteiger partial charge in [-0.15, -0.1) is 0 Å². The fourth-order valence-electron chi connectivity index (χ4n) is 3.10. The van der Waals surface area contributed by atoms with Gasteiger partial charge in [0.05, 0.1) is 11.3 Å². The van der Waals surface area contributed by atoms with Crippen molar-refractivity contribution in [3.05, 3.63) is 59.9 Å². The molecule has 4 rings (SSSR count). The molecule has 1 saturated carbocycles. The molecule has 0 unspecified atom stereocenters. The van der Waals surface area contributed by atoms with Crippen molar-refractivity contribution in [3.8, 4) is 0 Å². The monoisotopic (exact) mass is 364 g/mol. The van der Waals surface area contributed by atoms with Crippen LogP contribution in [-0.2, 0) is 11.3 Å². The van der Waals surface area contributed by atoms with Crippen LogP contribution in [0.15, 0.2) is 48.8 Å². The minimum atomic E-state index is -0.246.